The number of aliphatic hydroxyl groups is 1. The molecule has 5 nitrogen and oxygen atoms in total. The van der Waals surface area contributed by atoms with Crippen molar-refractivity contribution in [1.82, 2.24) is 4.90 Å². The summed E-state index contributed by atoms with van der Waals surface area (Å²) in [6.07, 6.45) is 1.64. The molecular formula is C13H16N2O3. The Bertz CT molecular complexity index is 550. The first kappa shape index (κ1) is 12.6. The Morgan fingerprint density at radius 2 is 2.22 bits per heavy atom. The summed E-state index contributed by atoms with van der Waals surface area (Å²) >= 11 is 0. The van der Waals surface area contributed by atoms with Crippen LogP contribution in [-0.4, -0.2) is 35.6 Å². The van der Waals surface area contributed by atoms with Gasteiger partial charge in [0.1, 0.15) is 11.6 Å². The highest BCUT2D eigenvalue weighted by atomic mass is 16.3. The molecule has 1 heterocycles. The molecule has 0 spiro atoms. The molecule has 3 N–H and O–H groups in total. The number of hydrogen-bond acceptors (Lipinski definition) is 4. The molecule has 1 atom stereocenters. The lowest BCUT2D eigenvalue weighted by Gasteiger charge is -2.19. The molecule has 0 aliphatic heterocycles. The summed E-state index contributed by atoms with van der Waals surface area (Å²) in [7, 11) is 1.65. The van der Waals surface area contributed by atoms with E-state index < -0.39 is 6.04 Å². The second-order valence-corrected chi connectivity index (χ2v) is 4.24. The van der Waals surface area contributed by atoms with Gasteiger partial charge in [0.05, 0.1) is 12.9 Å². The number of carbonyl (C=O) groups is 1. The van der Waals surface area contributed by atoms with Crippen LogP contribution in [0.3, 0.4) is 0 Å². The highest BCUT2D eigenvalue weighted by molar-refractivity contribution is 5.84. The zero-order valence-electron chi connectivity index (χ0n) is 10.2. The van der Waals surface area contributed by atoms with Gasteiger partial charge in [-0.2, -0.15) is 0 Å². The minimum atomic E-state index is -0.867. The summed E-state index contributed by atoms with van der Waals surface area (Å²) in [6, 6.07) is 6.76. The summed E-state index contributed by atoms with van der Waals surface area (Å²) in [6.45, 7) is 0.0544. The minimum Gasteiger partial charge on any atom is -0.464 e. The third-order valence-corrected chi connectivity index (χ3v) is 2.86. The lowest BCUT2D eigenvalue weighted by molar-refractivity contribution is -0.132. The number of benzene rings is 1. The third kappa shape index (κ3) is 2.37. The first-order chi connectivity index (χ1) is 8.63. The largest absolute Gasteiger partial charge is 0.464 e. The number of carbonyl (C=O) groups excluding carboxylic acids is 1. The topological polar surface area (TPSA) is 79.7 Å². The van der Waals surface area contributed by atoms with Gasteiger partial charge in [-0.15, -0.1) is 0 Å². The van der Waals surface area contributed by atoms with Crippen LogP contribution in [0.25, 0.3) is 11.0 Å². The molecule has 5 heteroatoms. The molecule has 0 bridgehead atoms. The molecule has 0 fully saturated rings. The number of nitrogens with zero attached hydrogens (tertiary/aromatic N) is 1. The molecule has 1 unspecified atom stereocenters. The zero-order chi connectivity index (χ0) is 13.1. The first-order valence-electron chi connectivity index (χ1n) is 5.70. The van der Waals surface area contributed by atoms with E-state index >= 15 is 0 Å². The van der Waals surface area contributed by atoms with Crippen molar-refractivity contribution in [1.29, 1.82) is 0 Å². The molecule has 1 amide bonds. The number of furan rings is 1. The number of aliphatic hydroxyl groups excluding tert-OH is 1. The maximum absolute atomic E-state index is 11.7. The van der Waals surface area contributed by atoms with E-state index in [2.05, 4.69) is 0 Å². The van der Waals surface area contributed by atoms with Gasteiger partial charge in [0.2, 0.25) is 5.91 Å². The Morgan fingerprint density at radius 1 is 1.50 bits per heavy atom. The quantitative estimate of drug-likeness (QED) is 0.835. The van der Waals surface area contributed by atoms with E-state index in [1.165, 1.54) is 4.90 Å². The van der Waals surface area contributed by atoms with Crippen LogP contribution in [0, 0.1) is 0 Å². The Balaban J connectivity index is 2.16. The van der Waals surface area contributed by atoms with E-state index in [0.29, 0.717) is 6.54 Å². The molecule has 0 saturated heterocycles. The molecule has 18 heavy (non-hydrogen) atoms. The van der Waals surface area contributed by atoms with Crippen molar-refractivity contribution in [2.24, 2.45) is 5.73 Å². The number of para-hydroxylation sites is 1. The first-order valence-corrected chi connectivity index (χ1v) is 5.70. The number of fused-ring (bicyclic) bond motifs is 1. The molecule has 2 rings (SSSR count). The number of amides is 1. The van der Waals surface area contributed by atoms with Gasteiger partial charge in [-0.25, -0.2) is 0 Å². The van der Waals surface area contributed by atoms with Gasteiger partial charge in [0, 0.05) is 24.5 Å². The third-order valence-electron chi connectivity index (χ3n) is 2.86. The molecule has 1 aromatic carbocycles. The predicted molar refractivity (Wildman–Crippen MR) is 67.7 cm³/mol. The van der Waals surface area contributed by atoms with Crippen LogP contribution >= 0.6 is 0 Å². The van der Waals surface area contributed by atoms with Gasteiger partial charge < -0.3 is 20.2 Å². The van der Waals surface area contributed by atoms with Gasteiger partial charge in [-0.1, -0.05) is 18.2 Å². The second kappa shape index (κ2) is 5.20. The number of rotatable bonds is 4. The molecule has 0 saturated carbocycles. The van der Waals surface area contributed by atoms with Crippen molar-refractivity contribution in [2.75, 3.05) is 13.7 Å². The van der Waals surface area contributed by atoms with Crippen LogP contribution in [0.15, 0.2) is 34.9 Å². The number of hydrogen-bond donors (Lipinski definition) is 2. The van der Waals surface area contributed by atoms with E-state index in [1.807, 2.05) is 24.3 Å². The molecule has 0 aliphatic rings. The van der Waals surface area contributed by atoms with E-state index in [9.17, 15) is 4.79 Å². The van der Waals surface area contributed by atoms with Crippen molar-refractivity contribution < 1.29 is 14.3 Å². The smallest absolute Gasteiger partial charge is 0.241 e. The maximum Gasteiger partial charge on any atom is 0.241 e. The van der Waals surface area contributed by atoms with E-state index in [1.54, 1.807) is 13.3 Å². The van der Waals surface area contributed by atoms with Crippen molar-refractivity contribution >= 4 is 16.9 Å². The fourth-order valence-corrected chi connectivity index (χ4v) is 1.85. The average Bonchev–Trinajstić information content (AvgIpc) is 2.80. The Labute approximate surface area is 105 Å². The number of likely N-dealkylation sites (N-methyl/N-ethyl adjacent to an activating group) is 1. The van der Waals surface area contributed by atoms with Crippen molar-refractivity contribution in [3.8, 4) is 0 Å². The van der Waals surface area contributed by atoms with Gasteiger partial charge in [0.25, 0.3) is 0 Å². The van der Waals surface area contributed by atoms with Crippen LogP contribution < -0.4 is 5.73 Å². The lowest BCUT2D eigenvalue weighted by atomic mass is 10.1. The predicted octanol–water partition coefficient (Wildman–Crippen LogP) is 0.711. The summed E-state index contributed by atoms with van der Waals surface area (Å²) in [5, 5.41) is 9.84. The van der Waals surface area contributed by atoms with Gasteiger partial charge >= 0.3 is 0 Å². The molecule has 0 aliphatic carbocycles. The fourth-order valence-electron chi connectivity index (χ4n) is 1.85. The summed E-state index contributed by atoms with van der Waals surface area (Å²) in [4.78, 5) is 13.2. The average molecular weight is 248 g/mol. The highest BCUT2D eigenvalue weighted by Crippen LogP contribution is 2.21. The van der Waals surface area contributed by atoms with E-state index in [0.717, 1.165) is 16.5 Å². The Morgan fingerprint density at radius 3 is 2.94 bits per heavy atom. The van der Waals surface area contributed by atoms with Crippen molar-refractivity contribution in [2.45, 2.75) is 12.6 Å². The normalized spacial score (nSPS) is 12.6. The lowest BCUT2D eigenvalue weighted by Crippen LogP contribution is -2.43. The molecule has 1 aromatic heterocycles. The Hall–Kier alpha value is -1.85. The fraction of sp³-hybridized carbons (Fsp3) is 0.308. The van der Waals surface area contributed by atoms with Crippen LogP contribution in [0.4, 0.5) is 0 Å². The van der Waals surface area contributed by atoms with Crippen LogP contribution in [0.2, 0.25) is 0 Å². The summed E-state index contributed by atoms with van der Waals surface area (Å²) in [5.41, 5.74) is 7.21. The molecule has 2 aromatic rings. The highest BCUT2D eigenvalue weighted by Gasteiger charge is 2.18. The summed E-state index contributed by atoms with van der Waals surface area (Å²) < 4.78 is 5.40. The zero-order valence-corrected chi connectivity index (χ0v) is 10.2. The minimum absolute atomic E-state index is 0.289. The molecular weight excluding hydrogens is 232 g/mol. The van der Waals surface area contributed by atoms with Gasteiger partial charge in [-0.3, -0.25) is 4.79 Å². The second-order valence-electron chi connectivity index (χ2n) is 4.24. The van der Waals surface area contributed by atoms with Crippen molar-refractivity contribution in [3.63, 3.8) is 0 Å². The van der Waals surface area contributed by atoms with Crippen LogP contribution in [-0.2, 0) is 11.3 Å². The standard InChI is InChI=1S/C13H16N2O3/c1-15(13(17)11(14)7-16)6-9-8-18-12-5-3-2-4-10(9)12/h2-5,8,11,16H,6-7,14H2,1H3. The molecule has 96 valence electrons. The van der Waals surface area contributed by atoms with Crippen LogP contribution in [0.5, 0.6) is 0 Å². The Kier molecular flexibility index (Phi) is 3.64. The van der Waals surface area contributed by atoms with E-state index in [-0.39, 0.29) is 12.5 Å². The van der Waals surface area contributed by atoms with Gasteiger partial charge in [-0.05, 0) is 6.07 Å². The maximum atomic E-state index is 11.7. The van der Waals surface area contributed by atoms with Crippen molar-refractivity contribution in [3.05, 3.63) is 36.1 Å². The monoisotopic (exact) mass is 248 g/mol. The SMILES string of the molecule is CN(Cc1coc2ccccc12)C(=O)C(N)CO. The van der Waals surface area contributed by atoms with Crippen LogP contribution in [0.1, 0.15) is 5.56 Å². The number of nitrogens with two attached hydrogens (primary N) is 1. The molecule has 0 radical (unpaired) electrons. The van der Waals surface area contributed by atoms with Gasteiger partial charge in [0.15, 0.2) is 0 Å². The summed E-state index contributed by atoms with van der Waals surface area (Å²) in [5.74, 6) is -0.289. The van der Waals surface area contributed by atoms with E-state index in [4.69, 9.17) is 15.3 Å².